The summed E-state index contributed by atoms with van der Waals surface area (Å²) in [6.07, 6.45) is -0.331. The van der Waals surface area contributed by atoms with E-state index in [2.05, 4.69) is 27.6 Å². The minimum atomic E-state index is -4.09. The van der Waals surface area contributed by atoms with E-state index in [0.29, 0.717) is 29.5 Å². The topological polar surface area (TPSA) is 140 Å². The van der Waals surface area contributed by atoms with Crippen LogP contribution >= 0.6 is 7.75 Å². The Labute approximate surface area is 238 Å². The second-order valence-electron chi connectivity index (χ2n) is 10.4. The molecule has 5 rings (SSSR count). The molecule has 2 aromatic carbocycles. The van der Waals surface area contributed by atoms with E-state index < -0.39 is 19.8 Å². The molecule has 2 aromatic heterocycles. The fraction of sp³-hybridized carbons (Fsp3) is 0.414. The van der Waals surface area contributed by atoms with Gasteiger partial charge in [-0.25, -0.2) is 14.5 Å². The van der Waals surface area contributed by atoms with E-state index in [0.717, 1.165) is 22.0 Å². The summed E-state index contributed by atoms with van der Waals surface area (Å²) in [5.74, 6) is 0.680. The number of hydrogen-bond donors (Lipinski definition) is 2. The van der Waals surface area contributed by atoms with E-state index in [1.54, 1.807) is 45.0 Å². The molecule has 218 valence electrons. The molecule has 0 saturated carbocycles. The third-order valence-corrected chi connectivity index (χ3v) is 8.70. The Kier molecular flexibility index (Phi) is 8.33. The number of carbonyl (C=O) groups excluding carboxylic acids is 1. The zero-order valence-corrected chi connectivity index (χ0v) is 24.8. The number of aromatic nitrogens is 3. The van der Waals surface area contributed by atoms with Crippen molar-refractivity contribution in [2.24, 2.45) is 0 Å². The highest BCUT2D eigenvalue weighted by Gasteiger charge is 2.38. The number of para-hydroxylation sites is 1. The highest BCUT2D eigenvalue weighted by atomic mass is 31.2. The van der Waals surface area contributed by atoms with Crippen molar-refractivity contribution in [2.75, 3.05) is 18.9 Å². The number of carbonyl (C=O) groups is 1. The molecule has 0 amide bonds. The summed E-state index contributed by atoms with van der Waals surface area (Å²) in [6, 6.07) is 13.3. The summed E-state index contributed by atoms with van der Waals surface area (Å²) in [7, 11) is -4.09. The highest BCUT2D eigenvalue weighted by Crippen LogP contribution is 2.49. The summed E-state index contributed by atoms with van der Waals surface area (Å²) in [5, 5.41) is 3.75. The van der Waals surface area contributed by atoms with E-state index >= 15 is 0 Å². The summed E-state index contributed by atoms with van der Waals surface area (Å²) < 4.78 is 39.4. The molecule has 0 fully saturated rings. The molecule has 0 radical (unpaired) electrons. The van der Waals surface area contributed by atoms with Crippen LogP contribution in [0.15, 0.2) is 48.5 Å². The summed E-state index contributed by atoms with van der Waals surface area (Å²) in [5.41, 5.74) is 9.62. The predicted octanol–water partition coefficient (Wildman–Crippen LogP) is 5.49. The van der Waals surface area contributed by atoms with Crippen molar-refractivity contribution in [1.82, 2.24) is 19.6 Å². The van der Waals surface area contributed by atoms with Crippen LogP contribution in [0.1, 0.15) is 58.0 Å². The molecule has 12 heteroatoms. The quantitative estimate of drug-likeness (QED) is 0.163. The van der Waals surface area contributed by atoms with Crippen LogP contribution in [0.4, 0.5) is 5.82 Å². The molecule has 1 aliphatic heterocycles. The van der Waals surface area contributed by atoms with Crippen molar-refractivity contribution >= 4 is 41.5 Å². The number of benzene rings is 2. The first-order valence-corrected chi connectivity index (χ1v) is 15.3. The van der Waals surface area contributed by atoms with Gasteiger partial charge in [0.2, 0.25) is 0 Å². The molecule has 2 unspecified atom stereocenters. The number of pyridine rings is 1. The molecule has 3 heterocycles. The van der Waals surface area contributed by atoms with Crippen molar-refractivity contribution < 1.29 is 27.9 Å². The fourth-order valence-electron chi connectivity index (χ4n) is 5.18. The van der Waals surface area contributed by atoms with Gasteiger partial charge in [0.05, 0.1) is 29.8 Å². The van der Waals surface area contributed by atoms with E-state index in [1.165, 1.54) is 0 Å². The number of rotatable bonds is 12. The minimum Gasteiger partial charge on any atom is -0.462 e. The number of ether oxygens (including phenoxy) is 2. The maximum absolute atomic E-state index is 14.2. The number of nitrogens with one attached hydrogen (secondary N) is 1. The summed E-state index contributed by atoms with van der Waals surface area (Å²) >= 11 is 0. The molecule has 41 heavy (non-hydrogen) atoms. The SMILES string of the molecule is CCOCc1nc2c(N)nc3cccc4c3c2n1[C@H](COP(=O)(N[C@@H](C)C(=O)OC(C)C)Oc1ccccc1)C4C. The van der Waals surface area contributed by atoms with Crippen LogP contribution in [0, 0.1) is 0 Å². The van der Waals surface area contributed by atoms with Gasteiger partial charge >= 0.3 is 13.7 Å². The number of esters is 1. The van der Waals surface area contributed by atoms with Gasteiger partial charge < -0.3 is 24.3 Å². The zero-order valence-electron chi connectivity index (χ0n) is 23.9. The van der Waals surface area contributed by atoms with E-state index in [1.807, 2.05) is 25.1 Å². The van der Waals surface area contributed by atoms with Crippen molar-refractivity contribution in [3.8, 4) is 5.75 Å². The van der Waals surface area contributed by atoms with Crippen LogP contribution in [0.2, 0.25) is 0 Å². The van der Waals surface area contributed by atoms with Crippen LogP contribution in [-0.2, 0) is 30.0 Å². The van der Waals surface area contributed by atoms with Crippen LogP contribution in [0.5, 0.6) is 5.75 Å². The molecular weight excluding hydrogens is 545 g/mol. The van der Waals surface area contributed by atoms with Crippen LogP contribution in [0.3, 0.4) is 0 Å². The Bertz CT molecular complexity index is 1610. The highest BCUT2D eigenvalue weighted by molar-refractivity contribution is 7.52. The normalized spacial score (nSPS) is 18.6. The first-order valence-electron chi connectivity index (χ1n) is 13.8. The number of hydrogen-bond acceptors (Lipinski definition) is 9. The maximum Gasteiger partial charge on any atom is 0.459 e. The van der Waals surface area contributed by atoms with Crippen molar-refractivity contribution in [1.29, 1.82) is 0 Å². The standard InChI is InChI=1S/C29H36N5O6P/c1-6-37-16-24-32-26-27-25-21(13-10-14-22(25)31-28(26)30)18(4)23(34(24)27)15-38-41(36,40-20-11-8-7-9-12-20)33-19(5)29(35)39-17(2)3/h7-14,17-19,23H,6,15-16H2,1-5H3,(H2,30,31)(H,33,36)/t18?,19-,23+,41?/m0/s1. The smallest absolute Gasteiger partial charge is 0.459 e. The van der Waals surface area contributed by atoms with E-state index in [-0.39, 0.29) is 31.3 Å². The lowest BCUT2D eigenvalue weighted by Crippen LogP contribution is -2.37. The molecule has 1 aliphatic rings. The Morgan fingerprint density at radius 3 is 2.59 bits per heavy atom. The molecule has 3 N–H and O–H groups in total. The van der Waals surface area contributed by atoms with Gasteiger partial charge in [-0.1, -0.05) is 37.3 Å². The molecule has 0 spiro atoms. The number of nitrogens with zero attached hydrogens (tertiary/aromatic N) is 3. The van der Waals surface area contributed by atoms with Crippen LogP contribution in [0.25, 0.3) is 21.9 Å². The lowest BCUT2D eigenvalue weighted by Gasteiger charge is -2.34. The average Bonchev–Trinajstić information content (AvgIpc) is 3.32. The molecular formula is C29H36N5O6P. The van der Waals surface area contributed by atoms with Gasteiger partial charge in [0.15, 0.2) is 5.82 Å². The monoisotopic (exact) mass is 581 g/mol. The Balaban J connectivity index is 1.53. The minimum absolute atomic E-state index is 0.0210. The number of nitrogens with two attached hydrogens (primary N) is 1. The van der Waals surface area contributed by atoms with E-state index in [9.17, 15) is 9.36 Å². The number of imidazole rings is 1. The predicted molar refractivity (Wildman–Crippen MR) is 157 cm³/mol. The second kappa shape index (κ2) is 11.8. The molecule has 0 aliphatic carbocycles. The third-order valence-electron chi connectivity index (χ3n) is 7.06. The van der Waals surface area contributed by atoms with Gasteiger partial charge in [-0.2, -0.15) is 5.09 Å². The van der Waals surface area contributed by atoms with Crippen molar-refractivity contribution in [3.63, 3.8) is 0 Å². The first-order chi connectivity index (χ1) is 19.6. The maximum atomic E-state index is 14.2. The molecule has 0 bridgehead atoms. The number of anilines is 1. The molecule has 4 aromatic rings. The van der Waals surface area contributed by atoms with Gasteiger partial charge in [0.25, 0.3) is 0 Å². The molecule has 11 nitrogen and oxygen atoms in total. The first kappa shape index (κ1) is 29.0. The van der Waals surface area contributed by atoms with Crippen molar-refractivity contribution in [2.45, 2.75) is 65.3 Å². The molecule has 4 atom stereocenters. The molecule has 0 saturated heterocycles. The third kappa shape index (κ3) is 5.81. The summed E-state index contributed by atoms with van der Waals surface area (Å²) in [6.45, 7) is 9.80. The average molecular weight is 582 g/mol. The van der Waals surface area contributed by atoms with Crippen molar-refractivity contribution in [3.05, 3.63) is 59.9 Å². The Hall–Kier alpha value is -3.50. The second-order valence-corrected chi connectivity index (χ2v) is 12.1. The Morgan fingerprint density at radius 2 is 1.88 bits per heavy atom. The van der Waals surface area contributed by atoms with Gasteiger partial charge in [0, 0.05) is 17.9 Å². The van der Waals surface area contributed by atoms with E-state index in [4.69, 9.17) is 29.2 Å². The number of nitrogen functional groups attached to an aromatic ring is 1. The van der Waals surface area contributed by atoms with Gasteiger partial charge in [-0.3, -0.25) is 9.32 Å². The lowest BCUT2D eigenvalue weighted by molar-refractivity contribution is -0.149. The van der Waals surface area contributed by atoms with Crippen LogP contribution < -0.4 is 15.3 Å². The van der Waals surface area contributed by atoms with Gasteiger partial charge in [-0.15, -0.1) is 0 Å². The van der Waals surface area contributed by atoms with Crippen LogP contribution in [-0.4, -0.2) is 45.9 Å². The largest absolute Gasteiger partial charge is 0.462 e. The Morgan fingerprint density at radius 1 is 1.12 bits per heavy atom. The van der Waals surface area contributed by atoms with Gasteiger partial charge in [0.1, 0.15) is 29.7 Å². The zero-order chi connectivity index (χ0) is 29.3. The lowest BCUT2D eigenvalue weighted by atomic mass is 9.87. The fourth-order valence-corrected chi connectivity index (χ4v) is 6.69. The van der Waals surface area contributed by atoms with Gasteiger partial charge in [-0.05, 0) is 51.5 Å². The summed E-state index contributed by atoms with van der Waals surface area (Å²) in [4.78, 5) is 22.0.